The Bertz CT molecular complexity index is 1100. The summed E-state index contributed by atoms with van der Waals surface area (Å²) < 4.78 is 0. The predicted molar refractivity (Wildman–Crippen MR) is 119 cm³/mol. The SMILES string of the molecule is Cc1ccc([C@@H]2NC(=O)N(C)C3=C2C(=O)N(CCC(=O)NCc2ccccn2)C3)c(C)c1. The van der Waals surface area contributed by atoms with Gasteiger partial charge in [-0.15, -0.1) is 0 Å². The van der Waals surface area contributed by atoms with E-state index in [1.807, 2.05) is 50.2 Å². The van der Waals surface area contributed by atoms with Crippen molar-refractivity contribution in [2.24, 2.45) is 0 Å². The molecule has 0 aliphatic carbocycles. The smallest absolute Gasteiger partial charge is 0.322 e. The molecule has 0 spiro atoms. The highest BCUT2D eigenvalue weighted by Crippen LogP contribution is 2.36. The van der Waals surface area contributed by atoms with Crippen LogP contribution in [0.25, 0.3) is 0 Å². The molecule has 2 aliphatic rings. The minimum Gasteiger partial charge on any atom is -0.350 e. The van der Waals surface area contributed by atoms with Gasteiger partial charge in [-0.1, -0.05) is 29.8 Å². The molecule has 4 amide bonds. The normalized spacial score (nSPS) is 18.0. The average Bonchev–Trinajstić information content (AvgIpc) is 3.11. The van der Waals surface area contributed by atoms with Crippen molar-refractivity contribution in [1.29, 1.82) is 0 Å². The van der Waals surface area contributed by atoms with E-state index in [2.05, 4.69) is 15.6 Å². The van der Waals surface area contributed by atoms with Crippen LogP contribution in [-0.4, -0.2) is 52.8 Å². The molecule has 1 aromatic heterocycles. The second kappa shape index (κ2) is 8.82. The quantitative estimate of drug-likeness (QED) is 0.730. The summed E-state index contributed by atoms with van der Waals surface area (Å²) in [5.41, 5.74) is 5.10. The molecular weight excluding hydrogens is 406 g/mol. The number of hydrogen-bond donors (Lipinski definition) is 2. The fourth-order valence-corrected chi connectivity index (χ4v) is 4.20. The van der Waals surface area contributed by atoms with E-state index in [9.17, 15) is 14.4 Å². The molecule has 0 bridgehead atoms. The van der Waals surface area contributed by atoms with Crippen LogP contribution in [0.1, 0.15) is 34.8 Å². The number of nitrogens with zero attached hydrogens (tertiary/aromatic N) is 3. The van der Waals surface area contributed by atoms with E-state index in [1.54, 1.807) is 18.1 Å². The summed E-state index contributed by atoms with van der Waals surface area (Å²) >= 11 is 0. The van der Waals surface area contributed by atoms with E-state index < -0.39 is 6.04 Å². The second-order valence-electron chi connectivity index (χ2n) is 8.24. The lowest BCUT2D eigenvalue weighted by atomic mass is 9.91. The van der Waals surface area contributed by atoms with Crippen LogP contribution in [-0.2, 0) is 16.1 Å². The van der Waals surface area contributed by atoms with Gasteiger partial charge in [0.15, 0.2) is 0 Å². The van der Waals surface area contributed by atoms with Gasteiger partial charge in [-0.2, -0.15) is 0 Å². The molecule has 0 fully saturated rings. The van der Waals surface area contributed by atoms with Crippen molar-refractivity contribution in [3.05, 3.63) is 76.2 Å². The van der Waals surface area contributed by atoms with Crippen molar-refractivity contribution < 1.29 is 14.4 Å². The molecule has 8 heteroatoms. The summed E-state index contributed by atoms with van der Waals surface area (Å²) in [7, 11) is 1.67. The minimum atomic E-state index is -0.496. The summed E-state index contributed by atoms with van der Waals surface area (Å²) in [6.45, 7) is 4.93. The fourth-order valence-electron chi connectivity index (χ4n) is 4.20. The average molecular weight is 434 g/mol. The van der Waals surface area contributed by atoms with Crippen molar-refractivity contribution in [3.63, 3.8) is 0 Å². The highest BCUT2D eigenvalue weighted by molar-refractivity contribution is 6.01. The second-order valence-corrected chi connectivity index (χ2v) is 8.24. The number of nitrogens with one attached hydrogen (secondary N) is 2. The Hall–Kier alpha value is -3.68. The summed E-state index contributed by atoms with van der Waals surface area (Å²) in [6.07, 6.45) is 1.86. The highest BCUT2D eigenvalue weighted by atomic mass is 16.2. The van der Waals surface area contributed by atoms with Crippen molar-refractivity contribution in [1.82, 2.24) is 25.4 Å². The maximum atomic E-state index is 13.3. The Morgan fingerprint density at radius 3 is 2.75 bits per heavy atom. The molecule has 32 heavy (non-hydrogen) atoms. The zero-order valence-electron chi connectivity index (χ0n) is 18.5. The van der Waals surface area contributed by atoms with Crippen LogP contribution in [0.15, 0.2) is 53.9 Å². The number of carbonyl (C=O) groups excluding carboxylic acids is 3. The van der Waals surface area contributed by atoms with E-state index in [4.69, 9.17) is 0 Å². The molecule has 166 valence electrons. The van der Waals surface area contributed by atoms with Crippen molar-refractivity contribution in [2.75, 3.05) is 20.1 Å². The number of hydrogen-bond acceptors (Lipinski definition) is 4. The van der Waals surface area contributed by atoms with Crippen molar-refractivity contribution >= 4 is 17.8 Å². The van der Waals surface area contributed by atoms with Crippen LogP contribution >= 0.6 is 0 Å². The van der Waals surface area contributed by atoms with Gasteiger partial charge in [-0.25, -0.2) is 4.79 Å². The van der Waals surface area contributed by atoms with Crippen LogP contribution < -0.4 is 10.6 Å². The minimum absolute atomic E-state index is 0.144. The number of pyridine rings is 1. The first-order valence-electron chi connectivity index (χ1n) is 10.7. The molecule has 0 unspecified atom stereocenters. The van der Waals surface area contributed by atoms with Gasteiger partial charge >= 0.3 is 6.03 Å². The molecule has 0 saturated heterocycles. The standard InChI is InChI=1S/C24H27N5O3/c1-15-7-8-18(16(2)12-15)22-21-19(28(3)24(32)27-22)14-29(23(21)31)11-9-20(30)26-13-17-6-4-5-10-25-17/h4-8,10,12,22H,9,11,13-14H2,1-3H3,(H,26,30)(H,27,32)/t22-/m0/s1. The Balaban J connectivity index is 1.45. The van der Waals surface area contributed by atoms with Gasteiger partial charge in [0.2, 0.25) is 5.91 Å². The third-order valence-electron chi connectivity index (χ3n) is 5.97. The number of likely N-dealkylation sites (N-methyl/N-ethyl adjacent to an activating group) is 1. The van der Waals surface area contributed by atoms with Gasteiger partial charge in [-0.3, -0.25) is 19.5 Å². The first kappa shape index (κ1) is 21.5. The molecule has 0 saturated carbocycles. The number of carbonyl (C=O) groups is 3. The number of amides is 4. The van der Waals surface area contributed by atoms with Crippen LogP contribution in [0.3, 0.4) is 0 Å². The third kappa shape index (κ3) is 4.21. The van der Waals surface area contributed by atoms with Gasteiger partial charge in [0.05, 0.1) is 36.1 Å². The van der Waals surface area contributed by atoms with E-state index in [-0.39, 0.29) is 30.8 Å². The Morgan fingerprint density at radius 1 is 1.22 bits per heavy atom. The number of rotatable bonds is 6. The zero-order valence-corrected chi connectivity index (χ0v) is 18.5. The molecule has 2 aliphatic heterocycles. The van der Waals surface area contributed by atoms with Crippen LogP contribution in [0, 0.1) is 13.8 Å². The monoisotopic (exact) mass is 433 g/mol. The number of aryl methyl sites for hydroxylation is 2. The first-order chi connectivity index (χ1) is 15.3. The zero-order chi connectivity index (χ0) is 22.8. The van der Waals surface area contributed by atoms with Gasteiger partial charge in [0.25, 0.3) is 5.91 Å². The molecule has 8 nitrogen and oxygen atoms in total. The molecule has 0 radical (unpaired) electrons. The summed E-state index contributed by atoms with van der Waals surface area (Å²) in [5.74, 6) is -0.295. The van der Waals surface area contributed by atoms with Crippen LogP contribution in [0.2, 0.25) is 0 Å². The van der Waals surface area contributed by atoms with Crippen LogP contribution in [0.4, 0.5) is 4.79 Å². The van der Waals surface area contributed by atoms with E-state index >= 15 is 0 Å². The lowest BCUT2D eigenvalue weighted by Gasteiger charge is -2.31. The van der Waals surface area contributed by atoms with Gasteiger partial charge in [-0.05, 0) is 37.1 Å². The topological polar surface area (TPSA) is 94.6 Å². The van der Waals surface area contributed by atoms with E-state index in [1.165, 1.54) is 4.90 Å². The lowest BCUT2D eigenvalue weighted by molar-refractivity contribution is -0.127. The number of urea groups is 1. The molecule has 1 atom stereocenters. The Labute approximate surface area is 187 Å². The molecular formula is C24H27N5O3. The van der Waals surface area contributed by atoms with E-state index in [0.29, 0.717) is 24.4 Å². The molecule has 4 rings (SSSR count). The van der Waals surface area contributed by atoms with E-state index in [0.717, 1.165) is 22.4 Å². The van der Waals surface area contributed by atoms with Crippen molar-refractivity contribution in [2.45, 2.75) is 32.9 Å². The first-order valence-corrected chi connectivity index (χ1v) is 10.7. The highest BCUT2D eigenvalue weighted by Gasteiger charge is 2.43. The molecule has 1 aromatic carbocycles. The van der Waals surface area contributed by atoms with Gasteiger partial charge < -0.3 is 15.5 Å². The fraction of sp³-hybridized carbons (Fsp3) is 0.333. The van der Waals surface area contributed by atoms with Gasteiger partial charge in [0.1, 0.15) is 0 Å². The Kier molecular flexibility index (Phi) is 5.94. The van der Waals surface area contributed by atoms with Gasteiger partial charge in [0, 0.05) is 26.2 Å². The summed E-state index contributed by atoms with van der Waals surface area (Å²) in [4.78, 5) is 45.5. The molecule has 3 heterocycles. The number of aromatic nitrogens is 1. The van der Waals surface area contributed by atoms with Crippen LogP contribution in [0.5, 0.6) is 0 Å². The molecule has 2 N–H and O–H groups in total. The largest absolute Gasteiger partial charge is 0.350 e. The predicted octanol–water partition coefficient (Wildman–Crippen LogP) is 2.20. The molecule has 2 aromatic rings. The lowest BCUT2D eigenvalue weighted by Crippen LogP contribution is -2.45. The third-order valence-corrected chi connectivity index (χ3v) is 5.97. The Morgan fingerprint density at radius 2 is 2.03 bits per heavy atom. The maximum absolute atomic E-state index is 13.3. The summed E-state index contributed by atoms with van der Waals surface area (Å²) in [5, 5.41) is 5.80. The summed E-state index contributed by atoms with van der Waals surface area (Å²) in [6, 6.07) is 10.8. The number of benzene rings is 1. The maximum Gasteiger partial charge on any atom is 0.322 e. The van der Waals surface area contributed by atoms with Crippen molar-refractivity contribution in [3.8, 4) is 0 Å².